The Bertz CT molecular complexity index is 735. The molecule has 8 atom stereocenters. The van der Waals surface area contributed by atoms with Crippen LogP contribution in [0.1, 0.15) is 64.2 Å². The van der Waals surface area contributed by atoms with Crippen LogP contribution in [-0.4, -0.2) is 0 Å². The van der Waals surface area contributed by atoms with Crippen molar-refractivity contribution in [1.82, 2.24) is 0 Å². The molecule has 0 heterocycles. The summed E-state index contributed by atoms with van der Waals surface area (Å²) < 4.78 is 0. The lowest BCUT2D eigenvalue weighted by atomic mass is 9.30. The summed E-state index contributed by atoms with van der Waals surface area (Å²) >= 11 is 0. The summed E-state index contributed by atoms with van der Waals surface area (Å²) in [5, 5.41) is 41.2. The highest BCUT2D eigenvalue weighted by Crippen LogP contribution is 2.74. The molecule has 6 aliphatic carbocycles. The normalized spacial score (nSPS) is 47.0. The fourth-order valence-corrected chi connectivity index (χ4v) is 9.01. The van der Waals surface area contributed by atoms with E-state index in [1.807, 2.05) is 0 Å². The van der Waals surface area contributed by atoms with Crippen molar-refractivity contribution in [2.24, 2.45) is 58.2 Å². The molecule has 0 aliphatic heterocycles. The van der Waals surface area contributed by atoms with E-state index in [1.165, 1.54) is 25.7 Å². The lowest BCUT2D eigenvalue weighted by Crippen LogP contribution is -2.70. The SMILES string of the molecule is N#CC1(C#N)C2C3CCCCC3C(C3CC4CCCCC4CC32)C1(C#N)C#N. The number of rotatable bonds is 0. The van der Waals surface area contributed by atoms with Gasteiger partial charge in [-0.2, -0.15) is 21.0 Å². The van der Waals surface area contributed by atoms with Crippen molar-refractivity contribution < 1.29 is 0 Å². The molecule has 0 saturated heterocycles. The van der Waals surface area contributed by atoms with E-state index in [1.54, 1.807) is 0 Å². The summed E-state index contributed by atoms with van der Waals surface area (Å²) in [4.78, 5) is 0. The summed E-state index contributed by atoms with van der Waals surface area (Å²) in [5.41, 5.74) is -2.91. The average molecular weight is 373 g/mol. The van der Waals surface area contributed by atoms with Crippen LogP contribution in [0.15, 0.2) is 0 Å². The Morgan fingerprint density at radius 1 is 0.500 bits per heavy atom. The standard InChI is InChI=1S/C24H28N4/c25-11-23(12-26)21-17-7-3-4-8-18(17)22(24(23,13-27)14-28)20-10-16-6-2-1-5-15(16)9-19(20)21/h15-22H,1-10H2. The molecule has 0 aromatic heterocycles. The molecule has 4 heteroatoms. The van der Waals surface area contributed by atoms with Crippen LogP contribution < -0.4 is 0 Å². The van der Waals surface area contributed by atoms with Crippen LogP contribution in [0, 0.1) is 103 Å². The van der Waals surface area contributed by atoms with Gasteiger partial charge in [0.05, 0.1) is 24.3 Å². The molecule has 0 N–H and O–H groups in total. The van der Waals surface area contributed by atoms with Crippen molar-refractivity contribution >= 4 is 0 Å². The molecule has 6 fully saturated rings. The second kappa shape index (κ2) is 6.23. The van der Waals surface area contributed by atoms with Crippen molar-refractivity contribution in [3.63, 3.8) is 0 Å². The molecule has 6 saturated carbocycles. The van der Waals surface area contributed by atoms with E-state index in [0.717, 1.165) is 50.4 Å². The van der Waals surface area contributed by atoms with Gasteiger partial charge in [0.25, 0.3) is 0 Å². The van der Waals surface area contributed by atoms with E-state index in [9.17, 15) is 21.0 Å². The number of fused-ring (bicyclic) bond motifs is 2. The van der Waals surface area contributed by atoms with E-state index in [2.05, 4.69) is 24.3 Å². The Balaban J connectivity index is 1.69. The van der Waals surface area contributed by atoms with Gasteiger partial charge in [-0.25, -0.2) is 0 Å². The maximum atomic E-state index is 10.3. The Morgan fingerprint density at radius 2 is 0.857 bits per heavy atom. The van der Waals surface area contributed by atoms with Gasteiger partial charge in [-0.05, 0) is 73.0 Å². The maximum absolute atomic E-state index is 10.3. The molecule has 2 bridgehead atoms. The Morgan fingerprint density at radius 3 is 1.21 bits per heavy atom. The van der Waals surface area contributed by atoms with Gasteiger partial charge in [-0.15, -0.1) is 0 Å². The van der Waals surface area contributed by atoms with Crippen LogP contribution in [0.5, 0.6) is 0 Å². The van der Waals surface area contributed by atoms with Crippen LogP contribution in [-0.2, 0) is 0 Å². The second-order valence-electron chi connectivity index (χ2n) is 10.3. The molecular formula is C24H28N4. The van der Waals surface area contributed by atoms with Crippen molar-refractivity contribution in [1.29, 1.82) is 21.0 Å². The van der Waals surface area contributed by atoms with E-state index in [-0.39, 0.29) is 11.8 Å². The van der Waals surface area contributed by atoms with Gasteiger partial charge in [-0.3, -0.25) is 0 Å². The first-order chi connectivity index (χ1) is 13.7. The summed E-state index contributed by atoms with van der Waals surface area (Å²) in [7, 11) is 0. The molecule has 0 aromatic carbocycles. The van der Waals surface area contributed by atoms with Crippen LogP contribution in [0.4, 0.5) is 0 Å². The molecule has 6 aliphatic rings. The highest BCUT2D eigenvalue weighted by molar-refractivity contribution is 5.43. The third kappa shape index (κ3) is 1.93. The van der Waals surface area contributed by atoms with Gasteiger partial charge in [0.2, 0.25) is 0 Å². The first-order valence-electron chi connectivity index (χ1n) is 11.3. The van der Waals surface area contributed by atoms with Crippen LogP contribution in [0.2, 0.25) is 0 Å². The van der Waals surface area contributed by atoms with Gasteiger partial charge in [0.15, 0.2) is 10.8 Å². The second-order valence-corrected chi connectivity index (χ2v) is 10.3. The van der Waals surface area contributed by atoms with Gasteiger partial charge in [-0.1, -0.05) is 38.5 Å². The number of nitrogens with zero attached hydrogens (tertiary/aromatic N) is 4. The summed E-state index contributed by atoms with van der Waals surface area (Å²) in [5.74, 6) is 2.70. The Kier molecular flexibility index (Phi) is 4.01. The predicted octanol–water partition coefficient (Wildman–Crippen LogP) is 4.95. The lowest BCUT2D eigenvalue weighted by molar-refractivity contribution is -0.207. The van der Waals surface area contributed by atoms with E-state index in [4.69, 9.17) is 0 Å². The number of hydrogen-bond acceptors (Lipinski definition) is 4. The monoisotopic (exact) mass is 372 g/mol. The molecule has 8 unspecified atom stereocenters. The van der Waals surface area contributed by atoms with Crippen molar-refractivity contribution in [3.8, 4) is 24.3 Å². The third-order valence-electron chi connectivity index (χ3n) is 9.81. The smallest absolute Gasteiger partial charge is 0.179 e. The van der Waals surface area contributed by atoms with Gasteiger partial charge >= 0.3 is 0 Å². The zero-order chi connectivity index (χ0) is 19.5. The minimum atomic E-state index is -1.46. The van der Waals surface area contributed by atoms with Crippen LogP contribution >= 0.6 is 0 Å². The van der Waals surface area contributed by atoms with E-state index in [0.29, 0.717) is 23.7 Å². The average Bonchev–Trinajstić information content (AvgIpc) is 2.76. The van der Waals surface area contributed by atoms with Gasteiger partial charge in [0, 0.05) is 0 Å². The summed E-state index contributed by atoms with van der Waals surface area (Å²) in [6.45, 7) is 0. The van der Waals surface area contributed by atoms with Crippen molar-refractivity contribution in [3.05, 3.63) is 0 Å². The van der Waals surface area contributed by atoms with E-state index < -0.39 is 10.8 Å². The largest absolute Gasteiger partial charge is 0.196 e. The maximum Gasteiger partial charge on any atom is 0.179 e. The predicted molar refractivity (Wildman–Crippen MR) is 101 cm³/mol. The molecule has 0 radical (unpaired) electrons. The topological polar surface area (TPSA) is 95.2 Å². The first kappa shape index (κ1) is 18.0. The molecule has 0 spiro atoms. The summed E-state index contributed by atoms with van der Waals surface area (Å²) in [6.07, 6.45) is 11.9. The molecular weight excluding hydrogens is 344 g/mol. The minimum Gasteiger partial charge on any atom is -0.196 e. The van der Waals surface area contributed by atoms with E-state index >= 15 is 0 Å². The lowest BCUT2D eigenvalue weighted by Gasteiger charge is -2.68. The van der Waals surface area contributed by atoms with Crippen LogP contribution in [0.25, 0.3) is 0 Å². The van der Waals surface area contributed by atoms with Gasteiger partial charge < -0.3 is 0 Å². The van der Waals surface area contributed by atoms with Crippen molar-refractivity contribution in [2.75, 3.05) is 0 Å². The quantitative estimate of drug-likeness (QED) is 0.601. The fraction of sp³-hybridized carbons (Fsp3) is 0.833. The Hall–Kier alpha value is -2.04. The molecule has 0 amide bonds. The number of nitriles is 4. The zero-order valence-electron chi connectivity index (χ0n) is 16.5. The molecule has 6 rings (SSSR count). The fourth-order valence-electron chi connectivity index (χ4n) is 9.01. The zero-order valence-corrected chi connectivity index (χ0v) is 16.5. The molecule has 28 heavy (non-hydrogen) atoms. The van der Waals surface area contributed by atoms with Crippen molar-refractivity contribution in [2.45, 2.75) is 64.2 Å². The molecule has 4 nitrogen and oxygen atoms in total. The molecule has 144 valence electrons. The van der Waals surface area contributed by atoms with Gasteiger partial charge in [0.1, 0.15) is 0 Å². The highest BCUT2D eigenvalue weighted by Gasteiger charge is 2.77. The highest BCUT2D eigenvalue weighted by atomic mass is 14.8. The minimum absolute atomic E-state index is 0.0926. The third-order valence-corrected chi connectivity index (χ3v) is 9.81. The molecule has 0 aromatic rings. The van der Waals surface area contributed by atoms with Crippen LogP contribution in [0.3, 0.4) is 0 Å². The Labute approximate surface area is 168 Å². The first-order valence-corrected chi connectivity index (χ1v) is 11.3. The summed E-state index contributed by atoms with van der Waals surface area (Å²) in [6, 6.07) is 9.29. The number of hydrogen-bond donors (Lipinski definition) is 0.